The number of hydrogen-bond donors (Lipinski definition) is 2. The van der Waals surface area contributed by atoms with Crippen molar-refractivity contribution in [2.24, 2.45) is 0 Å². The Morgan fingerprint density at radius 2 is 1.38 bits per heavy atom. The van der Waals surface area contributed by atoms with Crippen molar-refractivity contribution in [3.8, 4) is 0 Å². The van der Waals surface area contributed by atoms with Crippen molar-refractivity contribution in [1.82, 2.24) is 9.97 Å². The highest BCUT2D eigenvalue weighted by molar-refractivity contribution is 6.04. The lowest BCUT2D eigenvalue weighted by molar-refractivity contribution is 0.262. The average molecular weight is 354 g/mol. The highest BCUT2D eigenvalue weighted by atomic mass is 16.2. The van der Waals surface area contributed by atoms with Crippen molar-refractivity contribution in [3.05, 3.63) is 60.9 Å². The van der Waals surface area contributed by atoms with E-state index in [1.54, 1.807) is 30.6 Å². The van der Waals surface area contributed by atoms with Crippen LogP contribution in [0.2, 0.25) is 0 Å². The molecule has 2 N–H and O–H groups in total. The molecule has 0 aliphatic rings. The summed E-state index contributed by atoms with van der Waals surface area (Å²) in [6, 6.07) is 14.4. The highest BCUT2D eigenvalue weighted by Gasteiger charge is 2.06. The van der Waals surface area contributed by atoms with E-state index in [1.165, 1.54) is 0 Å². The number of pyridine rings is 2. The zero-order valence-corrected chi connectivity index (χ0v) is 16.6. The predicted octanol–water partition coefficient (Wildman–Crippen LogP) is 6.35. The number of carbonyl (C=O) groups excluding carboxylic acids is 1. The van der Waals surface area contributed by atoms with E-state index in [0.29, 0.717) is 11.5 Å². The summed E-state index contributed by atoms with van der Waals surface area (Å²) in [5.74, 6) is 0.503. The molecule has 0 saturated heterocycles. The molecule has 0 fully saturated rings. The maximum Gasteiger partial charge on any atom is 0.324 e. The molecule has 2 aromatic heterocycles. The fraction of sp³-hybridized carbons (Fsp3) is 0.286. The van der Waals surface area contributed by atoms with Crippen molar-refractivity contribution < 1.29 is 4.79 Å². The number of benzene rings is 1. The first-order valence-electron chi connectivity index (χ1n) is 9.16. The van der Waals surface area contributed by atoms with Gasteiger partial charge < -0.3 is 5.32 Å². The Labute approximate surface area is 156 Å². The zero-order valence-electron chi connectivity index (χ0n) is 16.6. The van der Waals surface area contributed by atoms with Crippen LogP contribution in [0.3, 0.4) is 0 Å². The number of carbonyl (C=O) groups is 1. The molecule has 0 aliphatic carbocycles. The molecule has 0 radical (unpaired) electrons. The number of anilines is 2. The van der Waals surface area contributed by atoms with E-state index in [1.807, 2.05) is 71.9 Å². The molecule has 0 saturated carbocycles. The molecule has 3 aromatic rings. The lowest BCUT2D eigenvalue weighted by atomic mass is 10.2. The van der Waals surface area contributed by atoms with Crippen LogP contribution in [-0.4, -0.2) is 16.0 Å². The second kappa shape index (κ2) is 14.4. The van der Waals surface area contributed by atoms with Gasteiger partial charge in [0.25, 0.3) is 0 Å². The topological polar surface area (TPSA) is 66.9 Å². The molecule has 2 heterocycles. The standard InChI is InChI=1S/C15H12N4O.3C2H6/c20-15(19-14-7-3-4-9-17-14)18-13-8-10-16-12-6-2-1-5-11(12)13;3*1-2/h1-10H,(H2,16,17,18,19,20);3*1-2H3. The van der Waals surface area contributed by atoms with E-state index in [0.717, 1.165) is 10.9 Å². The van der Waals surface area contributed by atoms with Gasteiger partial charge in [-0.15, -0.1) is 0 Å². The van der Waals surface area contributed by atoms with Crippen molar-refractivity contribution in [2.75, 3.05) is 10.6 Å². The van der Waals surface area contributed by atoms with E-state index in [9.17, 15) is 4.79 Å². The molecule has 3 rings (SSSR count). The Balaban J connectivity index is 0.000000948. The van der Waals surface area contributed by atoms with Crippen LogP contribution in [0.5, 0.6) is 0 Å². The number of nitrogens with one attached hydrogen (secondary N) is 2. The Morgan fingerprint density at radius 3 is 2.04 bits per heavy atom. The first kappa shape index (κ1) is 23.1. The Hall–Kier alpha value is -2.95. The van der Waals surface area contributed by atoms with Gasteiger partial charge in [0.05, 0.1) is 11.2 Å². The minimum atomic E-state index is -0.333. The molecule has 0 aliphatic heterocycles. The van der Waals surface area contributed by atoms with Gasteiger partial charge in [-0.1, -0.05) is 65.8 Å². The third-order valence-electron chi connectivity index (χ3n) is 2.80. The van der Waals surface area contributed by atoms with Gasteiger partial charge in [-0.2, -0.15) is 0 Å². The summed E-state index contributed by atoms with van der Waals surface area (Å²) in [6.07, 6.45) is 3.29. The quantitative estimate of drug-likeness (QED) is 0.563. The molecule has 0 atom stereocenters. The number of nitrogens with zero attached hydrogens (tertiary/aromatic N) is 2. The molecule has 140 valence electrons. The maximum atomic E-state index is 11.9. The molecule has 0 unspecified atom stereocenters. The number of rotatable bonds is 2. The van der Waals surface area contributed by atoms with Crippen LogP contribution in [0.4, 0.5) is 16.3 Å². The SMILES string of the molecule is CC.CC.CC.O=C(Nc1ccccn1)Nc1ccnc2ccccc12. The van der Waals surface area contributed by atoms with Gasteiger partial charge in [0.1, 0.15) is 5.82 Å². The number of aromatic nitrogens is 2. The zero-order chi connectivity index (χ0) is 19.8. The van der Waals surface area contributed by atoms with Crippen LogP contribution in [0.1, 0.15) is 41.5 Å². The first-order valence-corrected chi connectivity index (χ1v) is 9.16. The molecule has 0 bridgehead atoms. The number of urea groups is 1. The molecule has 2 amide bonds. The third-order valence-corrected chi connectivity index (χ3v) is 2.80. The monoisotopic (exact) mass is 354 g/mol. The van der Waals surface area contributed by atoms with E-state index in [-0.39, 0.29) is 6.03 Å². The number of amides is 2. The molecule has 5 heteroatoms. The largest absolute Gasteiger partial charge is 0.324 e. The molecule has 26 heavy (non-hydrogen) atoms. The van der Waals surface area contributed by atoms with Gasteiger partial charge in [-0.25, -0.2) is 9.78 Å². The minimum absolute atomic E-state index is 0.333. The van der Waals surface area contributed by atoms with Crippen molar-refractivity contribution in [1.29, 1.82) is 0 Å². The summed E-state index contributed by atoms with van der Waals surface area (Å²) in [5.41, 5.74) is 1.55. The predicted molar refractivity (Wildman–Crippen MR) is 113 cm³/mol. The first-order chi connectivity index (χ1) is 12.8. The van der Waals surface area contributed by atoms with Crippen molar-refractivity contribution >= 4 is 28.4 Å². The molecular weight excluding hydrogens is 324 g/mol. The van der Waals surface area contributed by atoms with E-state index in [2.05, 4.69) is 20.6 Å². The maximum absolute atomic E-state index is 11.9. The summed E-state index contributed by atoms with van der Waals surface area (Å²) < 4.78 is 0. The van der Waals surface area contributed by atoms with Gasteiger partial charge in [0.15, 0.2) is 0 Å². The second-order valence-electron chi connectivity index (χ2n) is 4.17. The lowest BCUT2D eigenvalue weighted by Crippen LogP contribution is -2.20. The number of para-hydroxylation sites is 1. The smallest absolute Gasteiger partial charge is 0.307 e. The van der Waals surface area contributed by atoms with E-state index in [4.69, 9.17) is 0 Å². The number of fused-ring (bicyclic) bond motifs is 1. The van der Waals surface area contributed by atoms with Gasteiger partial charge in [-0.05, 0) is 24.3 Å². The van der Waals surface area contributed by atoms with Crippen LogP contribution in [0, 0.1) is 0 Å². The average Bonchev–Trinajstić information content (AvgIpc) is 2.73. The highest BCUT2D eigenvalue weighted by Crippen LogP contribution is 2.20. The number of hydrogen-bond acceptors (Lipinski definition) is 3. The minimum Gasteiger partial charge on any atom is -0.307 e. The summed E-state index contributed by atoms with van der Waals surface area (Å²) in [4.78, 5) is 20.2. The fourth-order valence-corrected chi connectivity index (χ4v) is 1.91. The Bertz CT molecular complexity index is 740. The van der Waals surface area contributed by atoms with E-state index >= 15 is 0 Å². The molecular formula is C21H30N4O. The van der Waals surface area contributed by atoms with Crippen LogP contribution in [0.15, 0.2) is 60.9 Å². The van der Waals surface area contributed by atoms with Crippen LogP contribution in [0.25, 0.3) is 10.9 Å². The normalized spacial score (nSPS) is 8.54. The summed E-state index contributed by atoms with van der Waals surface area (Å²) in [5, 5.41) is 6.37. The summed E-state index contributed by atoms with van der Waals surface area (Å²) in [7, 11) is 0. The Morgan fingerprint density at radius 1 is 0.731 bits per heavy atom. The van der Waals surface area contributed by atoms with Crippen LogP contribution < -0.4 is 10.6 Å². The van der Waals surface area contributed by atoms with Gasteiger partial charge in [0, 0.05) is 17.8 Å². The van der Waals surface area contributed by atoms with Crippen LogP contribution >= 0.6 is 0 Å². The fourth-order valence-electron chi connectivity index (χ4n) is 1.91. The van der Waals surface area contributed by atoms with Gasteiger partial charge >= 0.3 is 6.03 Å². The Kier molecular flexibility index (Phi) is 12.8. The third kappa shape index (κ3) is 7.30. The second-order valence-corrected chi connectivity index (χ2v) is 4.17. The van der Waals surface area contributed by atoms with Crippen LogP contribution in [-0.2, 0) is 0 Å². The van der Waals surface area contributed by atoms with E-state index < -0.39 is 0 Å². The molecule has 5 nitrogen and oxygen atoms in total. The molecule has 1 aromatic carbocycles. The van der Waals surface area contributed by atoms with Crippen molar-refractivity contribution in [2.45, 2.75) is 41.5 Å². The van der Waals surface area contributed by atoms with Gasteiger partial charge in [-0.3, -0.25) is 10.3 Å². The van der Waals surface area contributed by atoms with Gasteiger partial charge in [0.2, 0.25) is 0 Å². The lowest BCUT2D eigenvalue weighted by Gasteiger charge is -2.09. The van der Waals surface area contributed by atoms with Crippen molar-refractivity contribution in [3.63, 3.8) is 0 Å². The summed E-state index contributed by atoms with van der Waals surface area (Å²) >= 11 is 0. The summed E-state index contributed by atoms with van der Waals surface area (Å²) in [6.45, 7) is 12.0. The molecule has 0 spiro atoms.